The first-order valence-corrected chi connectivity index (χ1v) is 4.91. The van der Waals surface area contributed by atoms with Crippen LogP contribution in [0.3, 0.4) is 0 Å². The fourth-order valence-corrected chi connectivity index (χ4v) is 1.21. The van der Waals surface area contributed by atoms with Crippen LogP contribution in [0.5, 0.6) is 11.5 Å². The maximum absolute atomic E-state index is 10.3. The van der Waals surface area contributed by atoms with Crippen LogP contribution in [0.15, 0.2) is 18.2 Å². The summed E-state index contributed by atoms with van der Waals surface area (Å²) in [6.45, 7) is 4.95. The zero-order valence-corrected chi connectivity index (χ0v) is 8.95. The first-order valence-electron chi connectivity index (χ1n) is 4.91. The standard InChI is InChI=1S/C11H15NO3/c1-3-14-10-6-5-9(12-8-13)7-11(10)15-4-2/h5-8H,3-4H2,1-2H3,(H,12,13). The molecule has 1 amide bonds. The first kappa shape index (κ1) is 11.4. The lowest BCUT2D eigenvalue weighted by atomic mass is 10.3. The van der Waals surface area contributed by atoms with Crippen LogP contribution >= 0.6 is 0 Å². The molecule has 4 nitrogen and oxygen atoms in total. The van der Waals surface area contributed by atoms with E-state index in [0.717, 1.165) is 0 Å². The Morgan fingerprint density at radius 2 is 1.87 bits per heavy atom. The van der Waals surface area contributed by atoms with Crippen LogP contribution in [-0.4, -0.2) is 19.6 Å². The number of nitrogens with one attached hydrogen (secondary N) is 1. The molecule has 0 fully saturated rings. The second-order valence-electron chi connectivity index (χ2n) is 2.79. The minimum atomic E-state index is 0.560. The fourth-order valence-electron chi connectivity index (χ4n) is 1.21. The third kappa shape index (κ3) is 3.16. The number of benzene rings is 1. The number of rotatable bonds is 6. The Morgan fingerprint density at radius 1 is 1.20 bits per heavy atom. The van der Waals surface area contributed by atoms with Crippen molar-refractivity contribution in [1.29, 1.82) is 0 Å². The van der Waals surface area contributed by atoms with Gasteiger partial charge in [-0.15, -0.1) is 0 Å². The van der Waals surface area contributed by atoms with E-state index in [0.29, 0.717) is 36.8 Å². The lowest BCUT2D eigenvalue weighted by Crippen LogP contribution is -2.00. The minimum absolute atomic E-state index is 0.560. The molecular formula is C11H15NO3. The van der Waals surface area contributed by atoms with Crippen molar-refractivity contribution in [2.24, 2.45) is 0 Å². The normalized spacial score (nSPS) is 9.47. The molecule has 0 radical (unpaired) electrons. The molecule has 0 aliphatic rings. The number of carbonyl (C=O) groups is 1. The van der Waals surface area contributed by atoms with Crippen molar-refractivity contribution in [3.8, 4) is 11.5 Å². The number of ether oxygens (including phenoxy) is 2. The molecule has 0 spiro atoms. The maximum atomic E-state index is 10.3. The van der Waals surface area contributed by atoms with Crippen LogP contribution in [0.4, 0.5) is 5.69 Å². The quantitative estimate of drug-likeness (QED) is 0.729. The summed E-state index contributed by atoms with van der Waals surface area (Å²) < 4.78 is 10.8. The van der Waals surface area contributed by atoms with E-state index >= 15 is 0 Å². The van der Waals surface area contributed by atoms with Gasteiger partial charge in [-0.2, -0.15) is 0 Å². The van der Waals surface area contributed by atoms with E-state index in [4.69, 9.17) is 9.47 Å². The number of hydrogen-bond acceptors (Lipinski definition) is 3. The summed E-state index contributed by atoms with van der Waals surface area (Å²) in [4.78, 5) is 10.3. The van der Waals surface area contributed by atoms with Gasteiger partial charge in [0.2, 0.25) is 6.41 Å². The summed E-state index contributed by atoms with van der Waals surface area (Å²) in [6, 6.07) is 5.28. The van der Waals surface area contributed by atoms with Gasteiger partial charge in [-0.25, -0.2) is 0 Å². The lowest BCUT2D eigenvalue weighted by Gasteiger charge is -2.11. The van der Waals surface area contributed by atoms with Crippen LogP contribution in [0.25, 0.3) is 0 Å². The van der Waals surface area contributed by atoms with Gasteiger partial charge in [-0.1, -0.05) is 0 Å². The van der Waals surface area contributed by atoms with E-state index in [9.17, 15) is 4.79 Å². The summed E-state index contributed by atoms with van der Waals surface area (Å²) in [5.41, 5.74) is 0.692. The highest BCUT2D eigenvalue weighted by molar-refractivity contribution is 5.72. The Labute approximate surface area is 89.2 Å². The van der Waals surface area contributed by atoms with E-state index in [1.54, 1.807) is 18.2 Å². The molecule has 0 saturated heterocycles. The number of amides is 1. The molecule has 0 unspecified atom stereocenters. The molecule has 0 aliphatic heterocycles. The van der Waals surface area contributed by atoms with Crippen LogP contribution in [-0.2, 0) is 4.79 Å². The summed E-state index contributed by atoms with van der Waals surface area (Å²) in [5, 5.41) is 2.56. The van der Waals surface area contributed by atoms with Crippen molar-refractivity contribution in [2.45, 2.75) is 13.8 Å². The van der Waals surface area contributed by atoms with Gasteiger partial charge in [0.05, 0.1) is 13.2 Å². The van der Waals surface area contributed by atoms with E-state index in [1.807, 2.05) is 13.8 Å². The van der Waals surface area contributed by atoms with Gasteiger partial charge < -0.3 is 14.8 Å². The Morgan fingerprint density at radius 3 is 2.47 bits per heavy atom. The Balaban J connectivity index is 2.91. The van der Waals surface area contributed by atoms with Crippen molar-refractivity contribution in [3.05, 3.63) is 18.2 Å². The first-order chi connectivity index (χ1) is 7.31. The van der Waals surface area contributed by atoms with E-state index in [2.05, 4.69) is 5.32 Å². The van der Waals surface area contributed by atoms with Crippen molar-refractivity contribution in [1.82, 2.24) is 0 Å². The highest BCUT2D eigenvalue weighted by Gasteiger charge is 2.05. The molecule has 15 heavy (non-hydrogen) atoms. The molecule has 1 aromatic rings. The summed E-state index contributed by atoms with van der Waals surface area (Å²) >= 11 is 0. The third-order valence-corrected chi connectivity index (χ3v) is 1.77. The Hall–Kier alpha value is -1.71. The van der Waals surface area contributed by atoms with Gasteiger partial charge >= 0.3 is 0 Å². The predicted molar refractivity (Wildman–Crippen MR) is 58.5 cm³/mol. The molecule has 1 aromatic carbocycles. The van der Waals surface area contributed by atoms with Gasteiger partial charge in [-0.3, -0.25) is 4.79 Å². The van der Waals surface area contributed by atoms with Gasteiger partial charge in [-0.05, 0) is 26.0 Å². The molecule has 1 rings (SSSR count). The van der Waals surface area contributed by atoms with Crippen LogP contribution in [0.1, 0.15) is 13.8 Å². The number of hydrogen-bond donors (Lipinski definition) is 1. The van der Waals surface area contributed by atoms with Gasteiger partial charge in [0.1, 0.15) is 0 Å². The predicted octanol–water partition coefficient (Wildman–Crippen LogP) is 2.05. The summed E-state index contributed by atoms with van der Waals surface area (Å²) in [5.74, 6) is 1.34. The monoisotopic (exact) mass is 209 g/mol. The van der Waals surface area contributed by atoms with Crippen molar-refractivity contribution >= 4 is 12.1 Å². The van der Waals surface area contributed by atoms with E-state index in [1.165, 1.54) is 0 Å². The molecule has 1 N–H and O–H groups in total. The van der Waals surface area contributed by atoms with Gasteiger partial charge in [0.25, 0.3) is 0 Å². The second-order valence-corrected chi connectivity index (χ2v) is 2.79. The van der Waals surface area contributed by atoms with Crippen LogP contribution in [0, 0.1) is 0 Å². The molecule has 0 aromatic heterocycles. The van der Waals surface area contributed by atoms with E-state index in [-0.39, 0.29) is 0 Å². The highest BCUT2D eigenvalue weighted by atomic mass is 16.5. The van der Waals surface area contributed by atoms with Crippen molar-refractivity contribution in [2.75, 3.05) is 18.5 Å². The van der Waals surface area contributed by atoms with Gasteiger partial charge in [0, 0.05) is 11.8 Å². The molecule has 0 atom stereocenters. The topological polar surface area (TPSA) is 47.6 Å². The smallest absolute Gasteiger partial charge is 0.211 e. The lowest BCUT2D eigenvalue weighted by molar-refractivity contribution is -0.105. The molecule has 82 valence electrons. The van der Waals surface area contributed by atoms with Crippen LogP contribution < -0.4 is 14.8 Å². The second kappa shape index (κ2) is 5.90. The summed E-state index contributed by atoms with van der Waals surface area (Å²) in [6.07, 6.45) is 0.630. The SMILES string of the molecule is CCOc1ccc(NC=O)cc1OCC. The maximum Gasteiger partial charge on any atom is 0.211 e. The zero-order valence-electron chi connectivity index (χ0n) is 8.95. The molecule has 4 heteroatoms. The molecule has 0 bridgehead atoms. The average Bonchev–Trinajstić information content (AvgIpc) is 2.23. The third-order valence-electron chi connectivity index (χ3n) is 1.77. The number of carbonyl (C=O) groups excluding carboxylic acids is 1. The van der Waals surface area contributed by atoms with Crippen molar-refractivity contribution < 1.29 is 14.3 Å². The number of anilines is 1. The van der Waals surface area contributed by atoms with Crippen LogP contribution in [0.2, 0.25) is 0 Å². The summed E-state index contributed by atoms with van der Waals surface area (Å²) in [7, 11) is 0. The van der Waals surface area contributed by atoms with Crippen molar-refractivity contribution in [3.63, 3.8) is 0 Å². The van der Waals surface area contributed by atoms with E-state index < -0.39 is 0 Å². The largest absolute Gasteiger partial charge is 0.490 e. The molecular weight excluding hydrogens is 194 g/mol. The van der Waals surface area contributed by atoms with Gasteiger partial charge in [0.15, 0.2) is 11.5 Å². The minimum Gasteiger partial charge on any atom is -0.490 e. The zero-order chi connectivity index (χ0) is 11.1. The molecule has 0 heterocycles. The highest BCUT2D eigenvalue weighted by Crippen LogP contribution is 2.30. The molecule has 0 aliphatic carbocycles. The Kier molecular flexibility index (Phi) is 4.47. The molecule has 0 saturated carbocycles. The Bertz CT molecular complexity index is 326. The average molecular weight is 209 g/mol. The fraction of sp³-hybridized carbons (Fsp3) is 0.364.